The first-order valence-electron chi connectivity index (χ1n) is 12.6. The minimum Gasteiger partial charge on any atom is -0.496 e. The smallest absolute Gasteiger partial charge is 0.273 e. The van der Waals surface area contributed by atoms with Crippen molar-refractivity contribution >= 4 is 29.2 Å². The number of carbonyl (C=O) groups is 2. The van der Waals surface area contributed by atoms with Gasteiger partial charge < -0.3 is 10.1 Å². The molecule has 3 heterocycles. The van der Waals surface area contributed by atoms with Gasteiger partial charge in [-0.3, -0.25) is 14.5 Å². The largest absolute Gasteiger partial charge is 0.496 e. The summed E-state index contributed by atoms with van der Waals surface area (Å²) < 4.78 is 7.21. The van der Waals surface area contributed by atoms with Crippen molar-refractivity contribution < 1.29 is 14.3 Å². The lowest BCUT2D eigenvalue weighted by Crippen LogP contribution is -2.43. The summed E-state index contributed by atoms with van der Waals surface area (Å²) >= 11 is 6.12. The number of ether oxygens (including phenoxy) is 1. The number of hydrogen-bond donors (Lipinski definition) is 1. The van der Waals surface area contributed by atoms with Crippen LogP contribution in [0.2, 0.25) is 5.02 Å². The van der Waals surface area contributed by atoms with Gasteiger partial charge in [-0.25, -0.2) is 9.67 Å². The topological polar surface area (TPSA) is 126 Å². The van der Waals surface area contributed by atoms with Crippen LogP contribution in [0.5, 0.6) is 5.75 Å². The van der Waals surface area contributed by atoms with Crippen molar-refractivity contribution in [1.82, 2.24) is 25.3 Å². The van der Waals surface area contributed by atoms with Crippen molar-refractivity contribution in [3.63, 3.8) is 0 Å². The normalized spacial score (nSPS) is 24.3. The summed E-state index contributed by atoms with van der Waals surface area (Å²) in [5, 5.41) is 21.2. The van der Waals surface area contributed by atoms with E-state index in [1.165, 1.54) is 0 Å². The minimum absolute atomic E-state index is 0.0169. The zero-order valence-corrected chi connectivity index (χ0v) is 21.7. The van der Waals surface area contributed by atoms with Gasteiger partial charge in [-0.1, -0.05) is 16.8 Å². The van der Waals surface area contributed by atoms with Gasteiger partial charge in [0.05, 0.1) is 31.0 Å². The van der Waals surface area contributed by atoms with Crippen LogP contribution in [-0.4, -0.2) is 51.5 Å². The molecule has 0 unspecified atom stereocenters. The molecule has 11 heteroatoms. The van der Waals surface area contributed by atoms with Crippen molar-refractivity contribution in [2.45, 2.75) is 44.2 Å². The first-order chi connectivity index (χ1) is 18.4. The first kappa shape index (κ1) is 24.4. The number of carbonyl (C=O) groups excluding carboxylic acids is 2. The van der Waals surface area contributed by atoms with Gasteiger partial charge in [-0.05, 0) is 61.8 Å². The van der Waals surface area contributed by atoms with Gasteiger partial charge in [0.25, 0.3) is 5.91 Å². The summed E-state index contributed by atoms with van der Waals surface area (Å²) in [7, 11) is 1.58. The summed E-state index contributed by atoms with van der Waals surface area (Å²) in [4.78, 5) is 31.6. The summed E-state index contributed by atoms with van der Waals surface area (Å²) in [6, 6.07) is 8.95. The number of hydrogen-bond acceptors (Lipinski definition) is 7. The van der Waals surface area contributed by atoms with E-state index in [-0.39, 0.29) is 41.4 Å². The number of piperidine rings is 1. The third-order valence-corrected chi connectivity index (χ3v) is 8.17. The van der Waals surface area contributed by atoms with Crippen LogP contribution in [0.4, 0.5) is 5.82 Å². The molecule has 2 aromatic heterocycles. The molecule has 1 aliphatic heterocycles. The van der Waals surface area contributed by atoms with Gasteiger partial charge in [-0.2, -0.15) is 5.26 Å². The lowest BCUT2D eigenvalue weighted by Gasteiger charge is -2.36. The first-order valence-corrected chi connectivity index (χ1v) is 13.0. The highest BCUT2D eigenvalue weighted by Crippen LogP contribution is 2.47. The highest BCUT2D eigenvalue weighted by Gasteiger charge is 2.53. The molecular formula is C27H26ClN7O3. The molecule has 1 saturated heterocycles. The number of benzene rings is 1. The van der Waals surface area contributed by atoms with E-state index in [4.69, 9.17) is 16.3 Å². The molecule has 3 aromatic rings. The second kappa shape index (κ2) is 9.40. The fourth-order valence-corrected chi connectivity index (χ4v) is 5.67. The molecule has 2 saturated carbocycles. The van der Waals surface area contributed by atoms with Crippen molar-refractivity contribution in [2.24, 2.45) is 11.8 Å². The molecule has 194 valence electrons. The Kier molecular flexibility index (Phi) is 6.03. The summed E-state index contributed by atoms with van der Waals surface area (Å²) in [6.07, 6.45) is 5.72. The van der Waals surface area contributed by atoms with E-state index in [1.807, 2.05) is 13.0 Å². The molecule has 0 spiro atoms. The van der Waals surface area contributed by atoms with E-state index >= 15 is 0 Å². The van der Waals surface area contributed by atoms with Crippen LogP contribution in [0.25, 0.3) is 0 Å². The van der Waals surface area contributed by atoms with Crippen LogP contribution in [-0.2, 0) is 4.79 Å². The van der Waals surface area contributed by atoms with E-state index in [0.717, 1.165) is 30.4 Å². The molecule has 3 atom stereocenters. The lowest BCUT2D eigenvalue weighted by molar-refractivity contribution is -0.118. The van der Waals surface area contributed by atoms with E-state index in [9.17, 15) is 14.9 Å². The van der Waals surface area contributed by atoms with Gasteiger partial charge in [0.15, 0.2) is 5.69 Å². The van der Waals surface area contributed by atoms with Crippen LogP contribution in [0, 0.1) is 23.2 Å². The molecule has 3 fully saturated rings. The molecule has 1 N–H and O–H groups in total. The molecule has 38 heavy (non-hydrogen) atoms. The van der Waals surface area contributed by atoms with Crippen molar-refractivity contribution in [2.75, 3.05) is 18.6 Å². The van der Waals surface area contributed by atoms with E-state index < -0.39 is 0 Å². The average Bonchev–Trinajstić information content (AvgIpc) is 3.36. The Hall–Kier alpha value is -3.97. The SMILES string of the molecule is COc1cc(N2C[C@H]3C[C@H]3C2=O)ncc1[C@H](C)n1cc(C(=O)N[C@H]2C[C@@H](c3cc(Cl)ccc3C#N)C2)nn1. The lowest BCUT2D eigenvalue weighted by atomic mass is 9.74. The number of methoxy groups -OCH3 is 1. The van der Waals surface area contributed by atoms with Gasteiger partial charge in [0.2, 0.25) is 5.91 Å². The molecule has 10 nitrogen and oxygen atoms in total. The quantitative estimate of drug-likeness (QED) is 0.494. The molecule has 2 aliphatic carbocycles. The number of rotatable bonds is 7. The Labute approximate surface area is 224 Å². The number of nitriles is 1. The second-order valence-corrected chi connectivity index (χ2v) is 10.7. The number of pyridine rings is 1. The number of amides is 2. The van der Waals surface area contributed by atoms with Crippen LogP contribution in [0.3, 0.4) is 0 Å². The summed E-state index contributed by atoms with van der Waals surface area (Å²) in [6.45, 7) is 2.62. The maximum absolute atomic E-state index is 12.8. The minimum atomic E-state index is -0.302. The van der Waals surface area contributed by atoms with E-state index in [2.05, 4.69) is 26.7 Å². The molecule has 2 amide bonds. The van der Waals surface area contributed by atoms with Crippen LogP contribution >= 0.6 is 11.6 Å². The predicted octanol–water partition coefficient (Wildman–Crippen LogP) is 3.47. The zero-order chi connectivity index (χ0) is 26.6. The fraction of sp³-hybridized carbons (Fsp3) is 0.407. The average molecular weight is 532 g/mol. The van der Waals surface area contributed by atoms with E-state index in [1.54, 1.807) is 47.3 Å². The predicted molar refractivity (Wildman–Crippen MR) is 138 cm³/mol. The Morgan fingerprint density at radius 3 is 2.82 bits per heavy atom. The number of aromatic nitrogens is 4. The van der Waals surface area contributed by atoms with Gasteiger partial charge in [0.1, 0.15) is 11.6 Å². The molecule has 6 rings (SSSR count). The van der Waals surface area contributed by atoms with Crippen LogP contribution < -0.4 is 15.0 Å². The summed E-state index contributed by atoms with van der Waals surface area (Å²) in [5.41, 5.74) is 2.51. The van der Waals surface area contributed by atoms with Crippen LogP contribution in [0.1, 0.15) is 65.3 Å². The second-order valence-electron chi connectivity index (χ2n) is 10.3. The Bertz CT molecular complexity index is 1480. The molecule has 0 radical (unpaired) electrons. The van der Waals surface area contributed by atoms with Gasteiger partial charge in [-0.15, -0.1) is 5.10 Å². The fourth-order valence-electron chi connectivity index (χ4n) is 5.49. The van der Waals surface area contributed by atoms with Gasteiger partial charge in [0, 0.05) is 41.4 Å². The molecule has 3 aliphatic rings. The molecule has 0 bridgehead atoms. The van der Waals surface area contributed by atoms with Crippen molar-refractivity contribution in [3.05, 3.63) is 64.1 Å². The number of nitrogens with zero attached hydrogens (tertiary/aromatic N) is 6. The number of anilines is 1. The maximum atomic E-state index is 12.8. The highest BCUT2D eigenvalue weighted by molar-refractivity contribution is 6.30. The Balaban J connectivity index is 1.10. The van der Waals surface area contributed by atoms with E-state index in [0.29, 0.717) is 34.6 Å². The number of halogens is 1. The van der Waals surface area contributed by atoms with Crippen molar-refractivity contribution in [1.29, 1.82) is 5.26 Å². The Morgan fingerprint density at radius 2 is 2.11 bits per heavy atom. The standard InChI is InChI=1S/C27H26ClN7O3/c1-14(22-11-30-25(9-24(22)38-2)34-12-17-7-21(17)27(34)37)35-13-23(32-33-35)26(36)31-19-5-16(6-19)20-8-18(28)4-3-15(20)10-29/h3-4,8-9,11,13-14,16-17,19,21H,5-7,12H2,1-2H3,(H,31,36)/t14-,16-,17+,19+,21+/m0/s1. The third-order valence-electron chi connectivity index (χ3n) is 7.94. The maximum Gasteiger partial charge on any atom is 0.273 e. The van der Waals surface area contributed by atoms with Gasteiger partial charge >= 0.3 is 0 Å². The zero-order valence-electron chi connectivity index (χ0n) is 21.0. The molecule has 1 aromatic carbocycles. The summed E-state index contributed by atoms with van der Waals surface area (Å²) in [5.74, 6) is 1.79. The number of fused-ring (bicyclic) bond motifs is 1. The number of nitrogens with one attached hydrogen (secondary N) is 1. The van der Waals surface area contributed by atoms with Crippen LogP contribution in [0.15, 0.2) is 36.7 Å². The third kappa shape index (κ3) is 4.27. The monoisotopic (exact) mass is 531 g/mol. The highest BCUT2D eigenvalue weighted by atomic mass is 35.5. The Morgan fingerprint density at radius 1 is 1.29 bits per heavy atom. The molecular weight excluding hydrogens is 506 g/mol. The van der Waals surface area contributed by atoms with Crippen molar-refractivity contribution in [3.8, 4) is 11.8 Å².